The van der Waals surface area contributed by atoms with Crippen molar-refractivity contribution in [3.8, 4) is 0 Å². The molecule has 1 fully saturated rings. The van der Waals surface area contributed by atoms with Gasteiger partial charge in [0.2, 0.25) is 5.91 Å². The van der Waals surface area contributed by atoms with Crippen molar-refractivity contribution < 1.29 is 23.9 Å². The topological polar surface area (TPSA) is 72.9 Å². The number of carbonyl (C=O) groups is 3. The summed E-state index contributed by atoms with van der Waals surface area (Å²) in [4.78, 5) is 37.3. The van der Waals surface area contributed by atoms with Gasteiger partial charge in [0, 0.05) is 6.92 Å². The molecule has 0 unspecified atom stereocenters. The molecule has 0 spiro atoms. The number of nitrogens with zero attached hydrogens (tertiary/aromatic N) is 1. The first-order chi connectivity index (χ1) is 12.2. The summed E-state index contributed by atoms with van der Waals surface area (Å²) in [5, 5.41) is 0. The van der Waals surface area contributed by atoms with Crippen molar-refractivity contribution in [1.29, 1.82) is 0 Å². The predicted octanol–water partition coefficient (Wildman–Crippen LogP) is 3.63. The standard InChI is InChI=1S/C20H25NO5/c1-12(15(4)25-16(5)22)11-13(2)19(23)21-14(3)18(26-20(21)24)17-9-7-6-8-10-17/h6-11,13-15,18H,1-5H3/b12-11+/t13-,14-,15+,18-/m1/s1. The van der Waals surface area contributed by atoms with Gasteiger partial charge in [0.15, 0.2) is 0 Å². The van der Waals surface area contributed by atoms with E-state index >= 15 is 0 Å². The van der Waals surface area contributed by atoms with Gasteiger partial charge < -0.3 is 9.47 Å². The number of cyclic esters (lactones) is 1. The number of imide groups is 1. The summed E-state index contributed by atoms with van der Waals surface area (Å²) < 4.78 is 10.5. The summed E-state index contributed by atoms with van der Waals surface area (Å²) >= 11 is 0. The molecule has 0 bridgehead atoms. The molecule has 6 heteroatoms. The van der Waals surface area contributed by atoms with Gasteiger partial charge in [-0.1, -0.05) is 43.3 Å². The van der Waals surface area contributed by atoms with Gasteiger partial charge in [0.25, 0.3) is 0 Å². The van der Waals surface area contributed by atoms with Gasteiger partial charge in [-0.25, -0.2) is 9.69 Å². The summed E-state index contributed by atoms with van der Waals surface area (Å²) in [6.07, 6.45) is 0.168. The highest BCUT2D eigenvalue weighted by Crippen LogP contribution is 2.33. The molecule has 6 nitrogen and oxygen atoms in total. The predicted molar refractivity (Wildman–Crippen MR) is 96.1 cm³/mol. The van der Waals surface area contributed by atoms with E-state index in [9.17, 15) is 14.4 Å². The molecule has 1 aromatic carbocycles. The van der Waals surface area contributed by atoms with E-state index in [0.717, 1.165) is 11.1 Å². The van der Waals surface area contributed by atoms with Gasteiger partial charge in [0.1, 0.15) is 12.2 Å². The van der Waals surface area contributed by atoms with Crippen molar-refractivity contribution in [1.82, 2.24) is 4.90 Å². The Kier molecular flexibility index (Phi) is 6.18. The van der Waals surface area contributed by atoms with Crippen LogP contribution >= 0.6 is 0 Å². The molecular weight excluding hydrogens is 334 g/mol. The van der Waals surface area contributed by atoms with E-state index < -0.39 is 30.3 Å². The number of ether oxygens (including phenoxy) is 2. The zero-order valence-electron chi connectivity index (χ0n) is 15.8. The normalized spacial score (nSPS) is 22.6. The lowest BCUT2D eigenvalue weighted by Crippen LogP contribution is -2.40. The highest BCUT2D eigenvalue weighted by Gasteiger charge is 2.44. The Morgan fingerprint density at radius 2 is 1.81 bits per heavy atom. The zero-order valence-corrected chi connectivity index (χ0v) is 15.8. The fourth-order valence-electron chi connectivity index (χ4n) is 3.01. The molecule has 0 radical (unpaired) electrons. The average molecular weight is 359 g/mol. The SMILES string of the molecule is CC(=O)O[C@@H](C)/C(C)=C/[C@@H](C)C(=O)N1C(=O)O[C@@H](c2ccccc2)[C@H]1C. The second-order valence-corrected chi connectivity index (χ2v) is 6.61. The number of rotatable bonds is 5. The summed E-state index contributed by atoms with van der Waals surface area (Å²) in [6, 6.07) is 8.96. The Bertz CT molecular complexity index is 712. The van der Waals surface area contributed by atoms with Crippen LogP contribution in [0.3, 0.4) is 0 Å². The minimum atomic E-state index is -0.637. The quantitative estimate of drug-likeness (QED) is 0.593. The molecule has 2 amide bonds. The first-order valence-corrected chi connectivity index (χ1v) is 8.66. The monoisotopic (exact) mass is 359 g/mol. The van der Waals surface area contributed by atoms with Crippen molar-refractivity contribution in [2.24, 2.45) is 5.92 Å². The lowest BCUT2D eigenvalue weighted by Gasteiger charge is -2.22. The molecule has 0 saturated carbocycles. The Balaban J connectivity index is 2.13. The maximum absolute atomic E-state index is 12.8. The van der Waals surface area contributed by atoms with E-state index in [-0.39, 0.29) is 11.9 Å². The Labute approximate surface area is 153 Å². The maximum Gasteiger partial charge on any atom is 0.417 e. The molecule has 0 aliphatic carbocycles. The summed E-state index contributed by atoms with van der Waals surface area (Å²) in [5.74, 6) is -1.26. The number of benzene rings is 1. The van der Waals surface area contributed by atoms with E-state index in [2.05, 4.69) is 0 Å². The van der Waals surface area contributed by atoms with E-state index in [0.29, 0.717) is 0 Å². The Morgan fingerprint density at radius 3 is 2.38 bits per heavy atom. The summed E-state index contributed by atoms with van der Waals surface area (Å²) in [7, 11) is 0. The lowest BCUT2D eigenvalue weighted by atomic mass is 10.0. The third-order valence-corrected chi connectivity index (χ3v) is 4.52. The van der Waals surface area contributed by atoms with Crippen LogP contribution in [-0.4, -0.2) is 35.0 Å². The molecule has 1 heterocycles. The van der Waals surface area contributed by atoms with Crippen molar-refractivity contribution >= 4 is 18.0 Å². The molecule has 2 rings (SSSR count). The van der Waals surface area contributed by atoms with Crippen molar-refractivity contribution in [2.75, 3.05) is 0 Å². The third-order valence-electron chi connectivity index (χ3n) is 4.52. The van der Waals surface area contributed by atoms with Crippen molar-refractivity contribution in [3.63, 3.8) is 0 Å². The van der Waals surface area contributed by atoms with E-state index in [1.54, 1.807) is 33.8 Å². The Hall–Kier alpha value is -2.63. The largest absolute Gasteiger partial charge is 0.458 e. The van der Waals surface area contributed by atoms with E-state index in [4.69, 9.17) is 9.47 Å². The molecule has 1 saturated heterocycles. The highest BCUT2D eigenvalue weighted by molar-refractivity contribution is 5.95. The molecular formula is C20H25NO5. The molecule has 0 N–H and O–H groups in total. The average Bonchev–Trinajstić information content (AvgIpc) is 2.88. The van der Waals surface area contributed by atoms with Crippen LogP contribution in [0.15, 0.2) is 42.0 Å². The van der Waals surface area contributed by atoms with Crippen LogP contribution < -0.4 is 0 Å². The van der Waals surface area contributed by atoms with Crippen LogP contribution in [0.4, 0.5) is 4.79 Å². The molecule has 0 aromatic heterocycles. The Morgan fingerprint density at radius 1 is 1.19 bits per heavy atom. The minimum absolute atomic E-state index is 0.338. The minimum Gasteiger partial charge on any atom is -0.458 e. The third kappa shape index (κ3) is 4.31. The molecule has 1 aliphatic heterocycles. The number of hydrogen-bond donors (Lipinski definition) is 0. The number of hydrogen-bond acceptors (Lipinski definition) is 5. The smallest absolute Gasteiger partial charge is 0.417 e. The molecule has 26 heavy (non-hydrogen) atoms. The molecule has 140 valence electrons. The number of esters is 1. The highest BCUT2D eigenvalue weighted by atomic mass is 16.6. The summed E-state index contributed by atoms with van der Waals surface area (Å²) in [5.41, 5.74) is 1.60. The maximum atomic E-state index is 12.8. The second kappa shape index (κ2) is 8.17. The van der Waals surface area contributed by atoms with Crippen LogP contribution in [-0.2, 0) is 19.1 Å². The van der Waals surface area contributed by atoms with E-state index in [1.807, 2.05) is 30.3 Å². The van der Waals surface area contributed by atoms with Crippen molar-refractivity contribution in [2.45, 2.75) is 52.9 Å². The first-order valence-electron chi connectivity index (χ1n) is 8.66. The van der Waals surface area contributed by atoms with Crippen LogP contribution in [0.25, 0.3) is 0 Å². The van der Waals surface area contributed by atoms with E-state index in [1.165, 1.54) is 11.8 Å². The van der Waals surface area contributed by atoms with Gasteiger partial charge in [-0.15, -0.1) is 0 Å². The van der Waals surface area contributed by atoms with Gasteiger partial charge in [0.05, 0.1) is 12.0 Å². The van der Waals surface area contributed by atoms with Gasteiger partial charge >= 0.3 is 12.1 Å². The number of amides is 2. The van der Waals surface area contributed by atoms with Gasteiger partial charge in [-0.05, 0) is 31.9 Å². The van der Waals surface area contributed by atoms with Crippen molar-refractivity contribution in [3.05, 3.63) is 47.5 Å². The molecule has 1 aliphatic rings. The van der Waals surface area contributed by atoms with Crippen LogP contribution in [0.5, 0.6) is 0 Å². The molecule has 1 aromatic rings. The van der Waals surface area contributed by atoms with Gasteiger partial charge in [-0.3, -0.25) is 9.59 Å². The van der Waals surface area contributed by atoms with Crippen LogP contribution in [0.2, 0.25) is 0 Å². The van der Waals surface area contributed by atoms with Crippen LogP contribution in [0, 0.1) is 5.92 Å². The fourth-order valence-corrected chi connectivity index (χ4v) is 3.01. The first kappa shape index (κ1) is 19.7. The second-order valence-electron chi connectivity index (χ2n) is 6.61. The summed E-state index contributed by atoms with van der Waals surface area (Å²) in [6.45, 7) is 8.37. The van der Waals surface area contributed by atoms with Crippen LogP contribution in [0.1, 0.15) is 46.3 Å². The zero-order chi connectivity index (χ0) is 19.4. The number of carbonyl (C=O) groups excluding carboxylic acids is 3. The molecule has 4 atom stereocenters. The lowest BCUT2D eigenvalue weighted by molar-refractivity contribution is -0.143. The van der Waals surface area contributed by atoms with Gasteiger partial charge in [-0.2, -0.15) is 0 Å². The fraction of sp³-hybridized carbons (Fsp3) is 0.450.